The van der Waals surface area contributed by atoms with Crippen molar-refractivity contribution in [3.63, 3.8) is 0 Å². The molecule has 0 aromatic heterocycles. The number of rotatable bonds is 4. The third-order valence-corrected chi connectivity index (χ3v) is 23.5. The molecule has 1 radical (unpaired) electrons. The Labute approximate surface area is 97.9 Å². The minimum atomic E-state index is -2.47. The summed E-state index contributed by atoms with van der Waals surface area (Å²) in [6, 6.07) is 0. The van der Waals surface area contributed by atoms with Gasteiger partial charge >= 0.3 is 99.9 Å². The molecular formula is C4H8Br5Te. The summed E-state index contributed by atoms with van der Waals surface area (Å²) >= 11 is 18.2. The Balaban J connectivity index is 3.97. The van der Waals surface area contributed by atoms with Crippen LogP contribution in [0.15, 0.2) is 0 Å². The number of hydrogen-bond acceptors (Lipinski definition) is 0. The molecule has 0 aromatic carbocycles. The van der Waals surface area contributed by atoms with E-state index >= 15 is 0 Å². The molecule has 0 N–H and O–H groups in total. The van der Waals surface area contributed by atoms with Gasteiger partial charge in [-0.3, -0.25) is 0 Å². The maximum atomic E-state index is 3.77. The monoisotopic (exact) mass is 581 g/mol. The Kier molecular flexibility index (Phi) is 6.81. The van der Waals surface area contributed by atoms with Gasteiger partial charge in [0.15, 0.2) is 0 Å². The Morgan fingerprint density at radius 1 is 0.800 bits per heavy atom. The molecule has 0 unspecified atom stereocenters. The molecule has 0 aliphatic carbocycles. The van der Waals surface area contributed by atoms with Crippen molar-refractivity contribution in [1.82, 2.24) is 0 Å². The molecule has 0 spiro atoms. The fourth-order valence-electron chi connectivity index (χ4n) is 0.386. The molecule has 0 rings (SSSR count). The van der Waals surface area contributed by atoms with Gasteiger partial charge in [-0.05, 0) is 0 Å². The molecule has 0 aromatic rings. The van der Waals surface area contributed by atoms with Gasteiger partial charge in [0.2, 0.25) is 0 Å². The van der Waals surface area contributed by atoms with Crippen LogP contribution in [0.25, 0.3) is 0 Å². The molecule has 0 saturated carbocycles. The quantitative estimate of drug-likeness (QED) is 0.328. The molecule has 0 atom stereocenters. The third-order valence-electron chi connectivity index (χ3n) is 0.906. The van der Waals surface area contributed by atoms with Crippen LogP contribution < -0.4 is 0 Å². The molecule has 0 aliphatic heterocycles. The molecule has 0 heterocycles. The van der Waals surface area contributed by atoms with Crippen molar-refractivity contribution in [1.29, 1.82) is 0 Å². The Hall–Kier alpha value is 3.19. The summed E-state index contributed by atoms with van der Waals surface area (Å²) in [4.78, 5) is 0. The van der Waals surface area contributed by atoms with Crippen molar-refractivity contribution in [2.75, 3.05) is 10.7 Å². The van der Waals surface area contributed by atoms with E-state index in [0.717, 1.165) is 10.7 Å². The van der Waals surface area contributed by atoms with Crippen LogP contribution in [-0.2, 0) is 0 Å². The second-order valence-electron chi connectivity index (χ2n) is 1.82. The molecule has 0 nitrogen and oxygen atoms in total. The summed E-state index contributed by atoms with van der Waals surface area (Å²) in [5.74, 6) is 0. The van der Waals surface area contributed by atoms with Crippen molar-refractivity contribution in [3.05, 3.63) is 0 Å². The SMILES string of the molecule is BrCC[Te](Br)(Br)(Br)CCBr. The standard InChI is InChI=1S/C4H8Br5Te/c5-1-3-10(7,8,9)4-2-6/h1-4H2. The first-order valence-electron chi connectivity index (χ1n) is 2.57. The van der Waals surface area contributed by atoms with Crippen molar-refractivity contribution >= 4 is 80.3 Å². The van der Waals surface area contributed by atoms with E-state index in [0.29, 0.717) is 0 Å². The summed E-state index contributed by atoms with van der Waals surface area (Å²) in [6.07, 6.45) is 0. The Morgan fingerprint density at radius 3 is 1.30 bits per heavy atom. The zero-order chi connectivity index (χ0) is 8.28. The van der Waals surface area contributed by atoms with Gasteiger partial charge in [-0.25, -0.2) is 0 Å². The predicted octanol–water partition coefficient (Wildman–Crippen LogP) is 4.85. The number of alkyl halides is 2. The van der Waals surface area contributed by atoms with Crippen LogP contribution >= 0.6 is 70.1 Å². The van der Waals surface area contributed by atoms with E-state index in [1.54, 1.807) is 0 Å². The summed E-state index contributed by atoms with van der Waals surface area (Å²) in [7, 11) is -2.47. The molecule has 0 amide bonds. The molecule has 6 heteroatoms. The van der Waals surface area contributed by atoms with E-state index in [-0.39, 0.29) is 0 Å². The van der Waals surface area contributed by atoms with Crippen LogP contribution in [0.5, 0.6) is 0 Å². The van der Waals surface area contributed by atoms with E-state index in [2.05, 4.69) is 70.1 Å². The summed E-state index contributed by atoms with van der Waals surface area (Å²) in [6.45, 7) is 0. The first-order valence-corrected chi connectivity index (χ1v) is 23.8. The van der Waals surface area contributed by atoms with Crippen LogP contribution in [0.3, 0.4) is 0 Å². The van der Waals surface area contributed by atoms with Crippen molar-refractivity contribution < 1.29 is 0 Å². The fourth-order valence-corrected chi connectivity index (χ4v) is 36.2. The summed E-state index contributed by atoms with van der Waals surface area (Å²) < 4.78 is 2.34. The van der Waals surface area contributed by atoms with Crippen molar-refractivity contribution in [2.45, 2.75) is 8.94 Å². The molecular weight excluding hydrogens is 575 g/mol. The Bertz CT molecular complexity index is 96.0. The first kappa shape index (κ1) is 13.2. The average Bonchev–Trinajstić information content (AvgIpc) is 1.61. The van der Waals surface area contributed by atoms with E-state index in [4.69, 9.17) is 0 Å². The van der Waals surface area contributed by atoms with Gasteiger partial charge in [0.1, 0.15) is 0 Å². The zero-order valence-electron chi connectivity index (χ0n) is 5.13. The molecule has 0 saturated heterocycles. The van der Waals surface area contributed by atoms with Crippen LogP contribution in [0.1, 0.15) is 0 Å². The summed E-state index contributed by atoms with van der Waals surface area (Å²) in [5.41, 5.74) is 0. The fraction of sp³-hybridized carbons (Fsp3) is 1.00. The van der Waals surface area contributed by atoms with Crippen molar-refractivity contribution in [2.24, 2.45) is 0 Å². The number of halogens is 5. The first-order chi connectivity index (χ1) is 4.39. The van der Waals surface area contributed by atoms with Crippen LogP contribution in [0.2, 0.25) is 8.94 Å². The average molecular weight is 583 g/mol. The van der Waals surface area contributed by atoms with Crippen LogP contribution in [-0.4, -0.2) is 20.8 Å². The topological polar surface area (TPSA) is 0 Å². The minimum absolute atomic E-state index is 1.04. The zero-order valence-corrected chi connectivity index (χ0v) is 15.4. The molecule has 65 valence electrons. The molecule has 10 heavy (non-hydrogen) atoms. The van der Waals surface area contributed by atoms with Crippen LogP contribution in [0.4, 0.5) is 0 Å². The third kappa shape index (κ3) is 6.68. The second kappa shape index (κ2) is 5.17. The normalized spacial score (nSPS) is 16.3. The van der Waals surface area contributed by atoms with E-state index < -0.39 is 10.2 Å². The van der Waals surface area contributed by atoms with Gasteiger partial charge in [0.25, 0.3) is 0 Å². The molecule has 0 fully saturated rings. The Morgan fingerprint density at radius 2 is 1.10 bits per heavy atom. The van der Waals surface area contributed by atoms with E-state index in [1.807, 2.05) is 0 Å². The summed E-state index contributed by atoms with van der Waals surface area (Å²) in [5, 5.41) is 2.08. The second-order valence-corrected chi connectivity index (χ2v) is 60.6. The van der Waals surface area contributed by atoms with Crippen LogP contribution in [0, 0.1) is 0 Å². The molecule has 0 bridgehead atoms. The van der Waals surface area contributed by atoms with Gasteiger partial charge in [-0.15, -0.1) is 0 Å². The van der Waals surface area contributed by atoms with Gasteiger partial charge in [0, 0.05) is 0 Å². The molecule has 0 aliphatic rings. The van der Waals surface area contributed by atoms with Crippen molar-refractivity contribution in [3.8, 4) is 0 Å². The van der Waals surface area contributed by atoms with Gasteiger partial charge < -0.3 is 0 Å². The van der Waals surface area contributed by atoms with E-state index in [1.165, 1.54) is 8.94 Å². The predicted molar refractivity (Wildman–Crippen MR) is 69.7 cm³/mol. The van der Waals surface area contributed by atoms with Gasteiger partial charge in [-0.2, -0.15) is 0 Å². The van der Waals surface area contributed by atoms with Gasteiger partial charge in [0.05, 0.1) is 0 Å². The maximum absolute atomic E-state index is 3.77. The van der Waals surface area contributed by atoms with E-state index in [9.17, 15) is 0 Å². The van der Waals surface area contributed by atoms with Gasteiger partial charge in [-0.1, -0.05) is 0 Å². The number of hydrogen-bond donors (Lipinski definition) is 0.